The van der Waals surface area contributed by atoms with E-state index in [1.54, 1.807) is 0 Å². The third kappa shape index (κ3) is 4.18. The molecule has 1 aromatic carbocycles. The van der Waals surface area contributed by atoms with Crippen LogP contribution in [-0.4, -0.2) is 11.3 Å². The van der Waals surface area contributed by atoms with Gasteiger partial charge in [-0.25, -0.2) is 0 Å². The van der Waals surface area contributed by atoms with Crippen LogP contribution in [0.4, 0.5) is 0 Å². The molecule has 3 heteroatoms. The number of thioether (sulfide) groups is 1. The first-order valence-electron chi connectivity index (χ1n) is 6.74. The summed E-state index contributed by atoms with van der Waals surface area (Å²) < 4.78 is 0. The maximum Gasteiger partial charge on any atom is 0.0410 e. The van der Waals surface area contributed by atoms with E-state index in [-0.39, 0.29) is 0 Å². The number of rotatable bonds is 6. The van der Waals surface area contributed by atoms with Crippen LogP contribution in [0.3, 0.4) is 0 Å². The zero-order chi connectivity index (χ0) is 13.1. The summed E-state index contributed by atoms with van der Waals surface area (Å²) >= 11 is 8.07. The molecule has 1 saturated carbocycles. The van der Waals surface area contributed by atoms with E-state index in [9.17, 15) is 0 Å². The molecule has 2 rings (SSSR count). The van der Waals surface area contributed by atoms with E-state index in [1.165, 1.54) is 23.3 Å². The van der Waals surface area contributed by atoms with E-state index >= 15 is 0 Å². The van der Waals surface area contributed by atoms with E-state index in [0.717, 1.165) is 17.6 Å². The molecule has 1 N–H and O–H groups in total. The molecule has 0 saturated heterocycles. The van der Waals surface area contributed by atoms with Crippen molar-refractivity contribution >= 4 is 23.4 Å². The first kappa shape index (κ1) is 14.2. The van der Waals surface area contributed by atoms with Crippen LogP contribution in [-0.2, 0) is 6.54 Å². The van der Waals surface area contributed by atoms with Gasteiger partial charge >= 0.3 is 0 Å². The van der Waals surface area contributed by atoms with Crippen molar-refractivity contribution < 1.29 is 0 Å². The molecule has 18 heavy (non-hydrogen) atoms. The molecule has 0 radical (unpaired) electrons. The maximum atomic E-state index is 6.11. The van der Waals surface area contributed by atoms with Gasteiger partial charge in [0.05, 0.1) is 0 Å². The average Bonchev–Trinajstić information content (AvgIpc) is 3.13. The van der Waals surface area contributed by atoms with Crippen molar-refractivity contribution in [3.8, 4) is 0 Å². The molecular weight excluding hydrogens is 262 g/mol. The van der Waals surface area contributed by atoms with Gasteiger partial charge in [-0.15, -0.1) is 11.8 Å². The van der Waals surface area contributed by atoms with Crippen molar-refractivity contribution in [1.82, 2.24) is 5.32 Å². The predicted octanol–water partition coefficient (Wildman–Crippen LogP) is 4.73. The Morgan fingerprint density at radius 1 is 1.33 bits per heavy atom. The van der Waals surface area contributed by atoms with Crippen LogP contribution in [0.2, 0.25) is 5.02 Å². The number of halogens is 1. The molecule has 100 valence electrons. The fourth-order valence-corrected chi connectivity index (χ4v) is 2.98. The molecule has 1 fully saturated rings. The summed E-state index contributed by atoms with van der Waals surface area (Å²) in [5.74, 6) is 0.690. The van der Waals surface area contributed by atoms with Crippen LogP contribution in [0.15, 0.2) is 23.1 Å². The summed E-state index contributed by atoms with van der Waals surface area (Å²) in [5.41, 5.74) is 1.34. The first-order chi connectivity index (χ1) is 8.56. The summed E-state index contributed by atoms with van der Waals surface area (Å²) in [4.78, 5) is 1.37. The minimum Gasteiger partial charge on any atom is -0.310 e. The lowest BCUT2D eigenvalue weighted by Crippen LogP contribution is -2.16. The molecule has 1 nitrogen and oxygen atoms in total. The molecule has 1 unspecified atom stereocenters. The molecule has 0 heterocycles. The van der Waals surface area contributed by atoms with Crippen molar-refractivity contribution in [2.75, 3.05) is 0 Å². The van der Waals surface area contributed by atoms with Crippen LogP contribution in [0.25, 0.3) is 0 Å². The van der Waals surface area contributed by atoms with E-state index < -0.39 is 0 Å². The maximum absolute atomic E-state index is 6.11. The lowest BCUT2D eigenvalue weighted by molar-refractivity contribution is 0.641. The highest BCUT2D eigenvalue weighted by Crippen LogP contribution is 2.32. The zero-order valence-electron chi connectivity index (χ0n) is 11.4. The van der Waals surface area contributed by atoms with Gasteiger partial charge in [-0.1, -0.05) is 32.4 Å². The molecule has 1 aliphatic carbocycles. The monoisotopic (exact) mass is 283 g/mol. The molecule has 0 aromatic heterocycles. The Morgan fingerprint density at radius 2 is 2.06 bits per heavy atom. The molecule has 1 aromatic rings. The lowest BCUT2D eigenvalue weighted by atomic mass is 10.2. The Morgan fingerprint density at radius 3 is 2.67 bits per heavy atom. The average molecular weight is 284 g/mol. The number of benzene rings is 1. The first-order valence-corrected chi connectivity index (χ1v) is 8.00. The predicted molar refractivity (Wildman–Crippen MR) is 81.5 cm³/mol. The van der Waals surface area contributed by atoms with Crippen molar-refractivity contribution in [3.63, 3.8) is 0 Å². The molecule has 0 amide bonds. The van der Waals surface area contributed by atoms with E-state index in [0.29, 0.717) is 11.2 Å². The van der Waals surface area contributed by atoms with Crippen LogP contribution in [0.5, 0.6) is 0 Å². The van der Waals surface area contributed by atoms with Crippen molar-refractivity contribution in [2.45, 2.75) is 56.3 Å². The fraction of sp³-hybridized carbons (Fsp3) is 0.600. The second kappa shape index (κ2) is 6.31. The highest BCUT2D eigenvalue weighted by molar-refractivity contribution is 8.00. The molecular formula is C15H22ClNS. The molecule has 0 spiro atoms. The van der Waals surface area contributed by atoms with Gasteiger partial charge in [0.2, 0.25) is 0 Å². The highest BCUT2D eigenvalue weighted by atomic mass is 35.5. The second-order valence-electron chi connectivity index (χ2n) is 5.47. The van der Waals surface area contributed by atoms with Gasteiger partial charge in [0, 0.05) is 27.8 Å². The Bertz CT molecular complexity index is 401. The highest BCUT2D eigenvalue weighted by Gasteiger charge is 2.21. The van der Waals surface area contributed by atoms with E-state index in [1.807, 2.05) is 17.8 Å². The van der Waals surface area contributed by atoms with Crippen molar-refractivity contribution in [1.29, 1.82) is 0 Å². The summed E-state index contributed by atoms with van der Waals surface area (Å²) in [5, 5.41) is 5.04. The summed E-state index contributed by atoms with van der Waals surface area (Å²) in [6.45, 7) is 7.78. The largest absolute Gasteiger partial charge is 0.310 e. The van der Waals surface area contributed by atoms with Crippen LogP contribution in [0, 0.1) is 5.92 Å². The van der Waals surface area contributed by atoms with Gasteiger partial charge in [-0.05, 0) is 42.5 Å². The third-order valence-corrected chi connectivity index (χ3v) is 5.24. The van der Waals surface area contributed by atoms with Crippen molar-refractivity contribution in [3.05, 3.63) is 28.8 Å². The lowest BCUT2D eigenvalue weighted by Gasteiger charge is -2.18. The standard InChI is InChI=1S/C15H22ClNS/c1-10(2)11(3)18-15-7-4-13(16)8-12(15)9-17-14-5-6-14/h4,7-8,10-11,14,17H,5-6,9H2,1-3H3. The number of hydrogen-bond donors (Lipinski definition) is 1. The molecule has 0 bridgehead atoms. The summed E-state index contributed by atoms with van der Waals surface area (Å²) in [7, 11) is 0. The zero-order valence-corrected chi connectivity index (χ0v) is 12.9. The third-order valence-electron chi connectivity index (χ3n) is 3.43. The summed E-state index contributed by atoms with van der Waals surface area (Å²) in [6.07, 6.45) is 2.65. The Kier molecular flexibility index (Phi) is 4.99. The minimum absolute atomic E-state index is 0.630. The van der Waals surface area contributed by atoms with E-state index in [2.05, 4.69) is 38.2 Å². The molecule has 0 aliphatic heterocycles. The van der Waals surface area contributed by atoms with Gasteiger partial charge in [0.1, 0.15) is 0 Å². The van der Waals surface area contributed by atoms with Gasteiger partial charge in [-0.3, -0.25) is 0 Å². The van der Waals surface area contributed by atoms with Crippen LogP contribution in [0.1, 0.15) is 39.2 Å². The second-order valence-corrected chi connectivity index (χ2v) is 7.33. The Hall–Kier alpha value is -0.180. The molecule has 1 aliphatic rings. The van der Waals surface area contributed by atoms with Crippen LogP contribution >= 0.6 is 23.4 Å². The smallest absolute Gasteiger partial charge is 0.0410 e. The van der Waals surface area contributed by atoms with Gasteiger partial charge in [-0.2, -0.15) is 0 Å². The summed E-state index contributed by atoms with van der Waals surface area (Å²) in [6, 6.07) is 7.00. The Labute approximate surface area is 120 Å². The fourth-order valence-electron chi connectivity index (χ4n) is 1.68. The van der Waals surface area contributed by atoms with Gasteiger partial charge in [0.25, 0.3) is 0 Å². The van der Waals surface area contributed by atoms with Crippen molar-refractivity contribution in [2.24, 2.45) is 5.92 Å². The normalized spacial score (nSPS) is 17.2. The SMILES string of the molecule is CC(C)C(C)Sc1ccc(Cl)cc1CNC1CC1. The van der Waals surface area contributed by atoms with Gasteiger partial charge < -0.3 is 5.32 Å². The number of nitrogens with one attached hydrogen (secondary N) is 1. The van der Waals surface area contributed by atoms with Gasteiger partial charge in [0.15, 0.2) is 0 Å². The number of hydrogen-bond acceptors (Lipinski definition) is 2. The topological polar surface area (TPSA) is 12.0 Å². The van der Waals surface area contributed by atoms with Crippen LogP contribution < -0.4 is 5.32 Å². The Balaban J connectivity index is 2.06. The molecule has 1 atom stereocenters. The van der Waals surface area contributed by atoms with E-state index in [4.69, 9.17) is 11.6 Å². The quantitative estimate of drug-likeness (QED) is 0.758. The minimum atomic E-state index is 0.630.